The molecule has 0 saturated heterocycles. The van der Waals surface area contributed by atoms with Crippen molar-refractivity contribution < 1.29 is 9.13 Å². The number of benzene rings is 1. The van der Waals surface area contributed by atoms with Crippen molar-refractivity contribution >= 4 is 0 Å². The fraction of sp³-hybridized carbons (Fsp3) is 0.462. The van der Waals surface area contributed by atoms with Crippen LogP contribution in [-0.4, -0.2) is 19.7 Å². The van der Waals surface area contributed by atoms with Gasteiger partial charge in [-0.15, -0.1) is 0 Å². The Labute approximate surface area is 101 Å². The van der Waals surface area contributed by atoms with E-state index in [-0.39, 0.29) is 5.75 Å². The highest BCUT2D eigenvalue weighted by Gasteiger charge is 2.03. The molecule has 0 fully saturated rings. The predicted octanol–water partition coefficient (Wildman–Crippen LogP) is 2.47. The van der Waals surface area contributed by atoms with Crippen LogP contribution in [0.4, 0.5) is 4.39 Å². The zero-order valence-electron chi connectivity index (χ0n) is 10.0. The Hall–Kier alpha value is -1.60. The normalized spacial score (nSPS) is 9.94. The van der Waals surface area contributed by atoms with Crippen LogP contribution in [0.15, 0.2) is 18.2 Å². The fourth-order valence-corrected chi connectivity index (χ4v) is 1.37. The Kier molecular flexibility index (Phi) is 6.05. The minimum atomic E-state index is -0.481. The van der Waals surface area contributed by atoms with Gasteiger partial charge in [-0.25, -0.2) is 4.39 Å². The Morgan fingerprint density at radius 2 is 2.24 bits per heavy atom. The quantitative estimate of drug-likeness (QED) is 0.740. The van der Waals surface area contributed by atoms with Gasteiger partial charge in [-0.2, -0.15) is 5.26 Å². The first-order valence-electron chi connectivity index (χ1n) is 5.81. The fourth-order valence-electron chi connectivity index (χ4n) is 1.37. The lowest BCUT2D eigenvalue weighted by atomic mass is 10.2. The van der Waals surface area contributed by atoms with Crippen molar-refractivity contribution in [2.75, 3.05) is 19.7 Å². The van der Waals surface area contributed by atoms with Gasteiger partial charge in [0, 0.05) is 0 Å². The van der Waals surface area contributed by atoms with Gasteiger partial charge in [0.1, 0.15) is 0 Å². The Balaban J connectivity index is 2.30. The summed E-state index contributed by atoms with van der Waals surface area (Å²) in [5.74, 6) is -0.273. The molecule has 0 aromatic heterocycles. The van der Waals surface area contributed by atoms with E-state index in [9.17, 15) is 4.39 Å². The molecule has 1 aromatic rings. The van der Waals surface area contributed by atoms with E-state index in [0.29, 0.717) is 12.2 Å². The molecule has 0 bridgehead atoms. The van der Waals surface area contributed by atoms with Gasteiger partial charge in [0.2, 0.25) is 0 Å². The minimum absolute atomic E-state index is 0.208. The van der Waals surface area contributed by atoms with Crippen LogP contribution in [0.1, 0.15) is 25.3 Å². The smallest absolute Gasteiger partial charge is 0.166 e. The molecule has 0 amide bonds. The predicted molar refractivity (Wildman–Crippen MR) is 64.4 cm³/mol. The lowest BCUT2D eigenvalue weighted by molar-refractivity contribution is 0.293. The van der Waals surface area contributed by atoms with Gasteiger partial charge in [0.05, 0.1) is 18.2 Å². The van der Waals surface area contributed by atoms with Crippen LogP contribution in [0.2, 0.25) is 0 Å². The van der Waals surface area contributed by atoms with E-state index in [1.807, 2.05) is 6.07 Å². The number of nitriles is 1. The molecule has 1 rings (SSSR count). The molecule has 1 N–H and O–H groups in total. The lowest BCUT2D eigenvalue weighted by Crippen LogP contribution is -2.18. The molecule has 0 atom stereocenters. The summed E-state index contributed by atoms with van der Waals surface area (Å²) in [6, 6.07) is 6.11. The molecule has 17 heavy (non-hydrogen) atoms. The third-order valence-corrected chi connectivity index (χ3v) is 2.24. The van der Waals surface area contributed by atoms with E-state index >= 15 is 0 Å². The molecule has 0 radical (unpaired) electrons. The Morgan fingerprint density at radius 3 is 2.88 bits per heavy atom. The second-order valence-electron chi connectivity index (χ2n) is 3.71. The monoisotopic (exact) mass is 236 g/mol. The number of hydrogen-bond acceptors (Lipinski definition) is 3. The number of rotatable bonds is 7. The highest BCUT2D eigenvalue weighted by Crippen LogP contribution is 2.17. The van der Waals surface area contributed by atoms with E-state index in [1.165, 1.54) is 12.1 Å². The van der Waals surface area contributed by atoms with Crippen molar-refractivity contribution in [1.29, 1.82) is 5.26 Å². The van der Waals surface area contributed by atoms with Gasteiger partial charge < -0.3 is 10.1 Å². The summed E-state index contributed by atoms with van der Waals surface area (Å²) in [4.78, 5) is 0. The summed E-state index contributed by atoms with van der Waals surface area (Å²) in [5.41, 5.74) is 0.305. The standard InChI is InChI=1S/C13H17FN2O/c1-2-6-16-7-3-8-17-13-5-4-11(10-15)9-12(13)14/h4-5,9,16H,2-3,6-8H2,1H3. The lowest BCUT2D eigenvalue weighted by Gasteiger charge is -2.07. The van der Waals surface area contributed by atoms with E-state index in [2.05, 4.69) is 12.2 Å². The first-order valence-corrected chi connectivity index (χ1v) is 5.81. The molecular weight excluding hydrogens is 219 g/mol. The summed E-state index contributed by atoms with van der Waals surface area (Å²) in [6.45, 7) is 4.44. The summed E-state index contributed by atoms with van der Waals surface area (Å²) in [7, 11) is 0. The highest BCUT2D eigenvalue weighted by atomic mass is 19.1. The van der Waals surface area contributed by atoms with Crippen molar-refractivity contribution in [3.63, 3.8) is 0 Å². The molecule has 0 saturated carbocycles. The van der Waals surface area contributed by atoms with Crippen molar-refractivity contribution in [3.8, 4) is 11.8 Å². The average Bonchev–Trinajstić information content (AvgIpc) is 2.35. The summed E-state index contributed by atoms with van der Waals surface area (Å²) < 4.78 is 18.7. The maximum atomic E-state index is 13.4. The van der Waals surface area contributed by atoms with Crippen molar-refractivity contribution in [1.82, 2.24) is 5.32 Å². The molecule has 0 spiro atoms. The molecular formula is C13H17FN2O. The van der Waals surface area contributed by atoms with E-state index in [4.69, 9.17) is 10.00 Å². The van der Waals surface area contributed by atoms with Gasteiger partial charge in [-0.05, 0) is 44.1 Å². The maximum absolute atomic E-state index is 13.4. The van der Waals surface area contributed by atoms with Crippen LogP contribution in [0.25, 0.3) is 0 Å². The third kappa shape index (κ3) is 4.83. The largest absolute Gasteiger partial charge is 0.490 e. The number of nitrogens with zero attached hydrogens (tertiary/aromatic N) is 1. The summed E-state index contributed by atoms with van der Waals surface area (Å²) in [6.07, 6.45) is 1.94. The highest BCUT2D eigenvalue weighted by molar-refractivity contribution is 5.35. The van der Waals surface area contributed by atoms with Gasteiger partial charge >= 0.3 is 0 Å². The molecule has 0 aliphatic heterocycles. The van der Waals surface area contributed by atoms with Crippen LogP contribution in [0, 0.1) is 17.1 Å². The molecule has 4 heteroatoms. The molecule has 0 aliphatic carbocycles. The topological polar surface area (TPSA) is 45.0 Å². The first kappa shape index (κ1) is 13.5. The van der Waals surface area contributed by atoms with Crippen molar-refractivity contribution in [2.45, 2.75) is 19.8 Å². The van der Waals surface area contributed by atoms with Crippen molar-refractivity contribution in [2.24, 2.45) is 0 Å². The van der Waals surface area contributed by atoms with Crippen molar-refractivity contribution in [3.05, 3.63) is 29.6 Å². The number of nitrogens with one attached hydrogen (secondary N) is 1. The average molecular weight is 236 g/mol. The number of ether oxygens (including phenoxy) is 1. The molecule has 1 aromatic carbocycles. The SMILES string of the molecule is CCCNCCCOc1ccc(C#N)cc1F. The Morgan fingerprint density at radius 1 is 1.41 bits per heavy atom. The number of halogens is 1. The van der Waals surface area contributed by atoms with E-state index in [0.717, 1.165) is 25.9 Å². The van der Waals surface area contributed by atoms with E-state index in [1.54, 1.807) is 6.07 Å². The molecule has 92 valence electrons. The minimum Gasteiger partial charge on any atom is -0.490 e. The number of hydrogen-bond donors (Lipinski definition) is 1. The van der Waals surface area contributed by atoms with Gasteiger partial charge in [-0.3, -0.25) is 0 Å². The van der Waals surface area contributed by atoms with Crippen LogP contribution in [0.5, 0.6) is 5.75 Å². The molecule has 0 heterocycles. The Bertz CT molecular complexity index is 387. The second kappa shape index (κ2) is 7.64. The zero-order chi connectivity index (χ0) is 12.5. The van der Waals surface area contributed by atoms with Crippen LogP contribution >= 0.6 is 0 Å². The van der Waals surface area contributed by atoms with Crippen LogP contribution in [-0.2, 0) is 0 Å². The summed E-state index contributed by atoms with van der Waals surface area (Å²) >= 11 is 0. The van der Waals surface area contributed by atoms with Gasteiger partial charge in [0.25, 0.3) is 0 Å². The second-order valence-corrected chi connectivity index (χ2v) is 3.71. The van der Waals surface area contributed by atoms with E-state index < -0.39 is 5.82 Å². The third-order valence-electron chi connectivity index (χ3n) is 2.24. The first-order chi connectivity index (χ1) is 8.27. The van der Waals surface area contributed by atoms with Gasteiger partial charge in [-0.1, -0.05) is 6.92 Å². The van der Waals surface area contributed by atoms with Crippen LogP contribution in [0.3, 0.4) is 0 Å². The van der Waals surface area contributed by atoms with Crippen LogP contribution < -0.4 is 10.1 Å². The molecule has 0 aliphatic rings. The van der Waals surface area contributed by atoms with Gasteiger partial charge in [0.15, 0.2) is 11.6 Å². The zero-order valence-corrected chi connectivity index (χ0v) is 10.0. The summed E-state index contributed by atoms with van der Waals surface area (Å²) in [5, 5.41) is 11.8. The maximum Gasteiger partial charge on any atom is 0.166 e. The molecule has 3 nitrogen and oxygen atoms in total. The molecule has 0 unspecified atom stereocenters.